The van der Waals surface area contributed by atoms with Gasteiger partial charge in [0.15, 0.2) is 0 Å². The molecule has 1 aromatic rings. The quantitative estimate of drug-likeness (QED) is 0.716. The van der Waals surface area contributed by atoms with Crippen LogP contribution < -0.4 is 10.6 Å². The zero-order valence-corrected chi connectivity index (χ0v) is 10.4. The molecule has 0 saturated carbocycles. The summed E-state index contributed by atoms with van der Waals surface area (Å²) in [6.45, 7) is 2.93. The van der Waals surface area contributed by atoms with Gasteiger partial charge in [-0.2, -0.15) is 0 Å². The smallest absolute Gasteiger partial charge is 0.315 e. The Morgan fingerprint density at radius 1 is 1.17 bits per heavy atom. The highest BCUT2D eigenvalue weighted by Crippen LogP contribution is 2.09. The zero-order chi connectivity index (χ0) is 13.4. The van der Waals surface area contributed by atoms with Crippen LogP contribution in [0.15, 0.2) is 24.3 Å². The lowest BCUT2D eigenvalue weighted by Crippen LogP contribution is -2.35. The summed E-state index contributed by atoms with van der Waals surface area (Å²) in [5.41, 5.74) is 1.55. The van der Waals surface area contributed by atoms with Gasteiger partial charge in [0.1, 0.15) is 0 Å². The van der Waals surface area contributed by atoms with Gasteiger partial charge in [0.25, 0.3) is 0 Å². The second-order valence-electron chi connectivity index (χ2n) is 3.95. The molecule has 0 saturated heterocycles. The molecule has 0 atom stereocenters. The van der Waals surface area contributed by atoms with Crippen LogP contribution in [0.2, 0.25) is 0 Å². The first-order valence-corrected chi connectivity index (χ1v) is 5.93. The van der Waals surface area contributed by atoms with Crippen molar-refractivity contribution in [2.75, 3.05) is 6.54 Å². The Hall–Kier alpha value is -2.04. The summed E-state index contributed by atoms with van der Waals surface area (Å²) in [5, 5.41) is 14.2. The SMILES string of the molecule is CCCNC(=O)NCc1ccccc1CC(=O)O. The molecule has 0 aromatic heterocycles. The van der Waals surface area contributed by atoms with E-state index in [1.807, 2.05) is 19.1 Å². The Balaban J connectivity index is 2.55. The lowest BCUT2D eigenvalue weighted by atomic mass is 10.0. The maximum Gasteiger partial charge on any atom is 0.315 e. The molecule has 0 aliphatic rings. The van der Waals surface area contributed by atoms with E-state index < -0.39 is 5.97 Å². The van der Waals surface area contributed by atoms with Crippen LogP contribution in [0.4, 0.5) is 4.79 Å². The number of carboxylic acids is 1. The van der Waals surface area contributed by atoms with Gasteiger partial charge in [-0.15, -0.1) is 0 Å². The van der Waals surface area contributed by atoms with Crippen molar-refractivity contribution < 1.29 is 14.7 Å². The van der Waals surface area contributed by atoms with Crippen LogP contribution in [-0.2, 0) is 17.8 Å². The van der Waals surface area contributed by atoms with E-state index in [9.17, 15) is 9.59 Å². The normalized spacial score (nSPS) is 9.83. The largest absolute Gasteiger partial charge is 0.481 e. The lowest BCUT2D eigenvalue weighted by Gasteiger charge is -2.10. The Labute approximate surface area is 106 Å². The minimum absolute atomic E-state index is 0.0333. The number of aliphatic carboxylic acids is 1. The molecule has 0 aliphatic carbocycles. The molecule has 0 heterocycles. The third-order valence-electron chi connectivity index (χ3n) is 2.44. The third-order valence-corrected chi connectivity index (χ3v) is 2.44. The summed E-state index contributed by atoms with van der Waals surface area (Å²) in [5.74, 6) is -0.877. The summed E-state index contributed by atoms with van der Waals surface area (Å²) in [7, 11) is 0. The Bertz CT molecular complexity index is 418. The molecule has 0 spiro atoms. The highest BCUT2D eigenvalue weighted by molar-refractivity contribution is 5.74. The number of nitrogens with one attached hydrogen (secondary N) is 2. The number of urea groups is 1. The van der Waals surface area contributed by atoms with Gasteiger partial charge in [-0.25, -0.2) is 4.79 Å². The third kappa shape index (κ3) is 4.86. The van der Waals surface area contributed by atoms with Crippen molar-refractivity contribution in [3.63, 3.8) is 0 Å². The fraction of sp³-hybridized carbons (Fsp3) is 0.385. The van der Waals surface area contributed by atoms with E-state index in [0.717, 1.165) is 17.5 Å². The van der Waals surface area contributed by atoms with Gasteiger partial charge < -0.3 is 15.7 Å². The van der Waals surface area contributed by atoms with Crippen molar-refractivity contribution in [1.29, 1.82) is 0 Å². The minimum Gasteiger partial charge on any atom is -0.481 e. The number of carbonyl (C=O) groups excluding carboxylic acids is 1. The van der Waals surface area contributed by atoms with Crippen molar-refractivity contribution in [3.05, 3.63) is 35.4 Å². The monoisotopic (exact) mass is 250 g/mol. The second-order valence-corrected chi connectivity index (χ2v) is 3.95. The summed E-state index contributed by atoms with van der Waals surface area (Å²) < 4.78 is 0. The van der Waals surface area contributed by atoms with Gasteiger partial charge in [0.2, 0.25) is 0 Å². The predicted octanol–water partition coefficient (Wildman–Crippen LogP) is 1.52. The molecular weight excluding hydrogens is 232 g/mol. The molecular formula is C13H18N2O3. The standard InChI is InChI=1S/C13H18N2O3/c1-2-7-14-13(18)15-9-11-6-4-3-5-10(11)8-12(16)17/h3-6H,2,7-9H2,1H3,(H,16,17)(H2,14,15,18). The molecule has 2 amide bonds. The van der Waals surface area contributed by atoms with E-state index in [-0.39, 0.29) is 12.5 Å². The van der Waals surface area contributed by atoms with Crippen LogP contribution in [0.1, 0.15) is 24.5 Å². The minimum atomic E-state index is -0.877. The molecule has 1 rings (SSSR count). The highest BCUT2D eigenvalue weighted by Gasteiger charge is 2.07. The molecule has 0 aliphatic heterocycles. The van der Waals surface area contributed by atoms with Crippen LogP contribution in [-0.4, -0.2) is 23.7 Å². The molecule has 98 valence electrons. The first kappa shape index (κ1) is 14.0. The van der Waals surface area contributed by atoms with Crippen LogP contribution in [0.3, 0.4) is 0 Å². The molecule has 18 heavy (non-hydrogen) atoms. The van der Waals surface area contributed by atoms with Crippen LogP contribution in [0, 0.1) is 0 Å². The van der Waals surface area contributed by atoms with Crippen LogP contribution in [0.5, 0.6) is 0 Å². The van der Waals surface area contributed by atoms with E-state index >= 15 is 0 Å². The van der Waals surface area contributed by atoms with Crippen molar-refractivity contribution in [2.24, 2.45) is 0 Å². The molecule has 5 heteroatoms. The molecule has 0 bridgehead atoms. The zero-order valence-electron chi connectivity index (χ0n) is 10.4. The van der Waals surface area contributed by atoms with Crippen molar-refractivity contribution in [3.8, 4) is 0 Å². The summed E-state index contributed by atoms with van der Waals surface area (Å²) in [6.07, 6.45) is 0.845. The van der Waals surface area contributed by atoms with E-state index in [2.05, 4.69) is 10.6 Å². The summed E-state index contributed by atoms with van der Waals surface area (Å²) in [6, 6.07) is 6.96. The Morgan fingerprint density at radius 2 is 1.83 bits per heavy atom. The fourth-order valence-corrected chi connectivity index (χ4v) is 1.54. The van der Waals surface area contributed by atoms with E-state index in [0.29, 0.717) is 13.1 Å². The number of rotatable bonds is 6. The number of hydrogen-bond acceptors (Lipinski definition) is 2. The second kappa shape index (κ2) is 7.32. The topological polar surface area (TPSA) is 78.4 Å². The first-order valence-electron chi connectivity index (χ1n) is 5.93. The number of carbonyl (C=O) groups is 2. The fourth-order valence-electron chi connectivity index (χ4n) is 1.54. The maximum absolute atomic E-state index is 11.4. The van der Waals surface area contributed by atoms with Crippen molar-refractivity contribution in [1.82, 2.24) is 10.6 Å². The number of carboxylic acid groups (broad SMARTS) is 1. The molecule has 5 nitrogen and oxygen atoms in total. The van der Waals surface area contributed by atoms with Gasteiger partial charge in [-0.1, -0.05) is 31.2 Å². The molecule has 0 fully saturated rings. The molecule has 3 N–H and O–H groups in total. The van der Waals surface area contributed by atoms with Gasteiger partial charge in [0.05, 0.1) is 6.42 Å². The molecule has 1 aromatic carbocycles. The van der Waals surface area contributed by atoms with E-state index in [1.165, 1.54) is 0 Å². The van der Waals surface area contributed by atoms with Gasteiger partial charge >= 0.3 is 12.0 Å². The summed E-state index contributed by atoms with van der Waals surface area (Å²) in [4.78, 5) is 22.1. The molecule has 0 radical (unpaired) electrons. The highest BCUT2D eigenvalue weighted by atomic mass is 16.4. The average Bonchev–Trinajstić information content (AvgIpc) is 2.34. The lowest BCUT2D eigenvalue weighted by molar-refractivity contribution is -0.136. The predicted molar refractivity (Wildman–Crippen MR) is 68.3 cm³/mol. The van der Waals surface area contributed by atoms with Gasteiger partial charge in [-0.3, -0.25) is 4.79 Å². The average molecular weight is 250 g/mol. The molecule has 0 unspecified atom stereocenters. The van der Waals surface area contributed by atoms with Crippen molar-refractivity contribution in [2.45, 2.75) is 26.3 Å². The Kier molecular flexibility index (Phi) is 5.70. The first-order chi connectivity index (χ1) is 8.63. The maximum atomic E-state index is 11.4. The van der Waals surface area contributed by atoms with Crippen LogP contribution in [0.25, 0.3) is 0 Å². The van der Waals surface area contributed by atoms with Crippen LogP contribution >= 0.6 is 0 Å². The Morgan fingerprint density at radius 3 is 2.44 bits per heavy atom. The van der Waals surface area contributed by atoms with Gasteiger partial charge in [0, 0.05) is 13.1 Å². The number of amides is 2. The summed E-state index contributed by atoms with van der Waals surface area (Å²) >= 11 is 0. The van der Waals surface area contributed by atoms with E-state index in [4.69, 9.17) is 5.11 Å². The van der Waals surface area contributed by atoms with Gasteiger partial charge in [-0.05, 0) is 17.5 Å². The number of hydrogen-bond donors (Lipinski definition) is 3. The number of benzene rings is 1. The van der Waals surface area contributed by atoms with Crippen molar-refractivity contribution >= 4 is 12.0 Å². The van der Waals surface area contributed by atoms with E-state index in [1.54, 1.807) is 12.1 Å².